The number of amides is 1. The first-order valence-corrected chi connectivity index (χ1v) is 6.94. The Kier molecular flexibility index (Phi) is 5.05. The summed E-state index contributed by atoms with van der Waals surface area (Å²) in [6.45, 7) is 1.64. The van der Waals surface area contributed by atoms with E-state index in [1.54, 1.807) is 0 Å². The zero-order valence-electron chi connectivity index (χ0n) is 12.4. The number of nitrogens with zero attached hydrogens (tertiary/aromatic N) is 3. The average Bonchev–Trinajstić information content (AvgIpc) is 2.95. The molecule has 0 atom stereocenters. The third kappa shape index (κ3) is 3.91. The monoisotopic (exact) mass is 323 g/mol. The van der Waals surface area contributed by atoms with E-state index in [1.807, 2.05) is 6.92 Å². The van der Waals surface area contributed by atoms with Crippen LogP contribution in [0, 0.1) is 11.6 Å². The summed E-state index contributed by atoms with van der Waals surface area (Å²) in [4.78, 5) is 24.3. The molecule has 0 saturated heterocycles. The zero-order valence-corrected chi connectivity index (χ0v) is 12.4. The molecular weight excluding hydrogens is 308 g/mol. The number of aliphatic carboxylic acids is 1. The molecule has 1 heterocycles. The fraction of sp³-hybridized carbons (Fsp3) is 0.267. The van der Waals surface area contributed by atoms with Gasteiger partial charge < -0.3 is 10.0 Å². The third-order valence-corrected chi connectivity index (χ3v) is 3.07. The number of hydrogen-bond donors (Lipinski definition) is 1. The van der Waals surface area contributed by atoms with Crippen molar-refractivity contribution >= 4 is 11.9 Å². The molecule has 23 heavy (non-hydrogen) atoms. The van der Waals surface area contributed by atoms with Crippen molar-refractivity contribution in [2.24, 2.45) is 0 Å². The topological polar surface area (TPSA) is 75.4 Å². The van der Waals surface area contributed by atoms with Crippen LogP contribution in [0.1, 0.15) is 23.8 Å². The summed E-state index contributed by atoms with van der Waals surface area (Å²) >= 11 is 0. The molecule has 2 rings (SSSR count). The second-order valence-electron chi connectivity index (χ2n) is 4.86. The van der Waals surface area contributed by atoms with Crippen LogP contribution in [0.5, 0.6) is 0 Å². The number of rotatable bonds is 6. The first-order chi connectivity index (χ1) is 10.9. The highest BCUT2D eigenvalue weighted by Crippen LogP contribution is 2.15. The third-order valence-electron chi connectivity index (χ3n) is 3.07. The Balaban J connectivity index is 2.26. The predicted molar refractivity (Wildman–Crippen MR) is 77.3 cm³/mol. The first kappa shape index (κ1) is 16.6. The van der Waals surface area contributed by atoms with Gasteiger partial charge in [0.25, 0.3) is 5.91 Å². The zero-order chi connectivity index (χ0) is 17.0. The van der Waals surface area contributed by atoms with Crippen molar-refractivity contribution in [1.82, 2.24) is 14.7 Å². The van der Waals surface area contributed by atoms with Crippen LogP contribution in [0.25, 0.3) is 5.69 Å². The molecule has 0 spiro atoms. The Morgan fingerprint density at radius 2 is 2.04 bits per heavy atom. The van der Waals surface area contributed by atoms with Crippen LogP contribution in [0.3, 0.4) is 0 Å². The fourth-order valence-corrected chi connectivity index (χ4v) is 2.09. The molecule has 0 fully saturated rings. The van der Waals surface area contributed by atoms with E-state index < -0.39 is 30.1 Å². The molecule has 0 radical (unpaired) electrons. The molecule has 6 nitrogen and oxygen atoms in total. The van der Waals surface area contributed by atoms with Gasteiger partial charge in [0.05, 0.1) is 0 Å². The standard InChI is InChI=1S/C15H15F2N3O3/c1-2-6-19(9-14(21)22)15(23)12-5-7-20(18-12)13-4-3-10(16)8-11(13)17/h3-5,7-8H,2,6,9H2,1H3,(H,21,22). The number of halogens is 2. The van der Waals surface area contributed by atoms with Gasteiger partial charge in [-0.3, -0.25) is 9.59 Å². The van der Waals surface area contributed by atoms with E-state index in [4.69, 9.17) is 5.11 Å². The van der Waals surface area contributed by atoms with Gasteiger partial charge in [-0.15, -0.1) is 0 Å². The number of benzene rings is 1. The summed E-state index contributed by atoms with van der Waals surface area (Å²) in [5.74, 6) is -3.22. The highest BCUT2D eigenvalue weighted by Gasteiger charge is 2.20. The number of hydrogen-bond acceptors (Lipinski definition) is 3. The molecule has 8 heteroatoms. The maximum absolute atomic E-state index is 13.7. The van der Waals surface area contributed by atoms with Gasteiger partial charge in [0.2, 0.25) is 0 Å². The quantitative estimate of drug-likeness (QED) is 0.883. The van der Waals surface area contributed by atoms with Crippen LogP contribution in [0.2, 0.25) is 0 Å². The van der Waals surface area contributed by atoms with Crippen molar-refractivity contribution in [2.45, 2.75) is 13.3 Å². The number of carboxylic acids is 1. The number of carbonyl (C=O) groups is 2. The lowest BCUT2D eigenvalue weighted by Crippen LogP contribution is -2.36. The molecule has 0 aliphatic rings. The van der Waals surface area contributed by atoms with Crippen molar-refractivity contribution in [3.63, 3.8) is 0 Å². The first-order valence-electron chi connectivity index (χ1n) is 6.94. The van der Waals surface area contributed by atoms with Gasteiger partial charge in [0, 0.05) is 18.8 Å². The lowest BCUT2D eigenvalue weighted by Gasteiger charge is -2.18. The second kappa shape index (κ2) is 6.99. The Labute approximate surface area is 130 Å². The van der Waals surface area contributed by atoms with E-state index in [1.165, 1.54) is 18.3 Å². The Hall–Kier alpha value is -2.77. The average molecular weight is 323 g/mol. The van der Waals surface area contributed by atoms with E-state index in [-0.39, 0.29) is 17.9 Å². The van der Waals surface area contributed by atoms with Crippen LogP contribution >= 0.6 is 0 Å². The fourth-order valence-electron chi connectivity index (χ4n) is 2.09. The van der Waals surface area contributed by atoms with Crippen molar-refractivity contribution in [3.8, 4) is 5.69 Å². The maximum Gasteiger partial charge on any atom is 0.323 e. The lowest BCUT2D eigenvalue weighted by atomic mass is 10.3. The van der Waals surface area contributed by atoms with E-state index in [2.05, 4.69) is 5.10 Å². The van der Waals surface area contributed by atoms with Gasteiger partial charge in [-0.25, -0.2) is 13.5 Å². The molecule has 2 aromatic rings. The Morgan fingerprint density at radius 3 is 2.65 bits per heavy atom. The highest BCUT2D eigenvalue weighted by atomic mass is 19.1. The van der Waals surface area contributed by atoms with Crippen molar-refractivity contribution in [1.29, 1.82) is 0 Å². The van der Waals surface area contributed by atoms with Crippen molar-refractivity contribution in [2.75, 3.05) is 13.1 Å². The molecule has 1 aromatic carbocycles. The smallest absolute Gasteiger partial charge is 0.323 e. The number of carboxylic acid groups (broad SMARTS) is 1. The normalized spacial score (nSPS) is 10.6. The predicted octanol–water partition coefficient (Wildman–Crippen LogP) is 2.09. The van der Waals surface area contributed by atoms with Gasteiger partial charge in [0.1, 0.15) is 18.0 Å². The van der Waals surface area contributed by atoms with E-state index in [0.717, 1.165) is 15.6 Å². The molecule has 1 amide bonds. The van der Waals surface area contributed by atoms with Crippen LogP contribution in [0.15, 0.2) is 30.5 Å². The molecule has 0 bridgehead atoms. The minimum absolute atomic E-state index is 0.00859. The van der Waals surface area contributed by atoms with Crippen LogP contribution in [-0.2, 0) is 4.79 Å². The minimum atomic E-state index is -1.13. The molecule has 0 saturated carbocycles. The van der Waals surface area contributed by atoms with Gasteiger partial charge in [0.15, 0.2) is 11.5 Å². The summed E-state index contributed by atoms with van der Waals surface area (Å²) in [6.07, 6.45) is 1.95. The van der Waals surface area contributed by atoms with Crippen LogP contribution in [0.4, 0.5) is 8.78 Å². The summed E-state index contributed by atoms with van der Waals surface area (Å²) in [7, 11) is 0. The minimum Gasteiger partial charge on any atom is -0.480 e. The van der Waals surface area contributed by atoms with Gasteiger partial charge in [-0.1, -0.05) is 6.92 Å². The van der Waals surface area contributed by atoms with E-state index >= 15 is 0 Å². The van der Waals surface area contributed by atoms with Gasteiger partial charge in [-0.05, 0) is 24.6 Å². The molecule has 1 N–H and O–H groups in total. The largest absolute Gasteiger partial charge is 0.480 e. The Bertz CT molecular complexity index is 731. The number of aromatic nitrogens is 2. The molecule has 122 valence electrons. The second-order valence-corrected chi connectivity index (χ2v) is 4.86. The lowest BCUT2D eigenvalue weighted by molar-refractivity contribution is -0.137. The SMILES string of the molecule is CCCN(CC(=O)O)C(=O)c1ccn(-c2ccc(F)cc2F)n1. The summed E-state index contributed by atoms with van der Waals surface area (Å²) < 4.78 is 27.8. The van der Waals surface area contributed by atoms with Gasteiger partial charge in [-0.2, -0.15) is 5.10 Å². The van der Waals surface area contributed by atoms with Crippen LogP contribution < -0.4 is 0 Å². The summed E-state index contributed by atoms with van der Waals surface area (Å²) in [5.41, 5.74) is -0.0193. The molecule has 0 aliphatic heterocycles. The van der Waals surface area contributed by atoms with Crippen molar-refractivity contribution in [3.05, 3.63) is 47.8 Å². The number of carbonyl (C=O) groups excluding carboxylic acids is 1. The maximum atomic E-state index is 13.7. The Morgan fingerprint density at radius 1 is 1.30 bits per heavy atom. The highest BCUT2D eigenvalue weighted by molar-refractivity contribution is 5.94. The molecular formula is C15H15F2N3O3. The summed E-state index contributed by atoms with van der Waals surface area (Å²) in [5, 5.41) is 12.8. The molecule has 0 aliphatic carbocycles. The van der Waals surface area contributed by atoms with E-state index in [9.17, 15) is 18.4 Å². The van der Waals surface area contributed by atoms with Gasteiger partial charge >= 0.3 is 5.97 Å². The molecule has 1 aromatic heterocycles. The summed E-state index contributed by atoms with van der Waals surface area (Å²) in [6, 6.07) is 4.35. The van der Waals surface area contributed by atoms with Crippen molar-refractivity contribution < 1.29 is 23.5 Å². The molecule has 0 unspecified atom stereocenters. The van der Waals surface area contributed by atoms with E-state index in [0.29, 0.717) is 12.5 Å². The van der Waals surface area contributed by atoms with Crippen LogP contribution in [-0.4, -0.2) is 44.8 Å².